The maximum atomic E-state index is 13.3. The van der Waals surface area contributed by atoms with E-state index in [0.717, 1.165) is 4.68 Å². The summed E-state index contributed by atoms with van der Waals surface area (Å²) in [7, 11) is 1.44. The van der Waals surface area contributed by atoms with Crippen molar-refractivity contribution < 1.29 is 31.1 Å². The molecule has 2 N–H and O–H groups in total. The molecule has 2 aromatic heterocycles. The number of alkyl halides is 6. The first kappa shape index (κ1) is 18.8. The number of aromatic nitrogens is 3. The largest absolute Gasteiger partial charge is 0.497 e. The molecule has 11 heteroatoms. The fourth-order valence-corrected chi connectivity index (χ4v) is 2.66. The van der Waals surface area contributed by atoms with E-state index in [9.17, 15) is 26.3 Å². The normalized spacial score (nSPS) is 12.6. The summed E-state index contributed by atoms with van der Waals surface area (Å²) in [5.74, 6) is 0.0235. The second kappa shape index (κ2) is 6.03. The number of anilines is 1. The lowest BCUT2D eigenvalue weighted by atomic mass is 10.1. The van der Waals surface area contributed by atoms with E-state index in [-0.39, 0.29) is 0 Å². The van der Waals surface area contributed by atoms with Crippen molar-refractivity contribution in [3.05, 3.63) is 41.2 Å². The van der Waals surface area contributed by atoms with E-state index in [0.29, 0.717) is 23.1 Å². The molecule has 3 rings (SSSR count). The van der Waals surface area contributed by atoms with Crippen molar-refractivity contribution in [2.75, 3.05) is 12.8 Å². The minimum atomic E-state index is -5.14. The third-order valence-corrected chi connectivity index (χ3v) is 3.88. The van der Waals surface area contributed by atoms with Gasteiger partial charge in [-0.2, -0.15) is 31.4 Å². The Labute approximate surface area is 148 Å². The van der Waals surface area contributed by atoms with Crippen molar-refractivity contribution >= 4 is 16.7 Å². The van der Waals surface area contributed by atoms with E-state index in [1.54, 1.807) is 13.0 Å². The molecule has 5 nitrogen and oxygen atoms in total. The average Bonchev–Trinajstić information content (AvgIpc) is 2.89. The van der Waals surface area contributed by atoms with Crippen LogP contribution < -0.4 is 10.5 Å². The Morgan fingerprint density at radius 2 is 1.70 bits per heavy atom. The van der Waals surface area contributed by atoms with Crippen molar-refractivity contribution in [3.8, 4) is 11.4 Å². The van der Waals surface area contributed by atoms with Crippen LogP contribution in [0.15, 0.2) is 24.3 Å². The quantitative estimate of drug-likeness (QED) is 0.661. The van der Waals surface area contributed by atoms with Crippen LogP contribution in [0.4, 0.5) is 32.2 Å². The van der Waals surface area contributed by atoms with Gasteiger partial charge in [0, 0.05) is 0 Å². The zero-order valence-corrected chi connectivity index (χ0v) is 13.9. The smallest absolute Gasteiger partial charge is 0.434 e. The molecule has 0 radical (unpaired) electrons. The molecule has 3 aromatic rings. The molecule has 144 valence electrons. The van der Waals surface area contributed by atoms with Crippen LogP contribution in [0.3, 0.4) is 0 Å². The highest BCUT2D eigenvalue weighted by Gasteiger charge is 2.41. The Morgan fingerprint density at radius 3 is 2.22 bits per heavy atom. The van der Waals surface area contributed by atoms with Gasteiger partial charge in [-0.25, -0.2) is 9.67 Å². The number of nitrogens with zero attached hydrogens (tertiary/aromatic N) is 3. The van der Waals surface area contributed by atoms with E-state index >= 15 is 0 Å². The van der Waals surface area contributed by atoms with Gasteiger partial charge >= 0.3 is 12.4 Å². The highest BCUT2D eigenvalue weighted by molar-refractivity contribution is 5.92. The fourth-order valence-electron chi connectivity index (χ4n) is 2.66. The molecule has 2 heterocycles. The Kier molecular flexibility index (Phi) is 4.20. The number of ether oxygens (including phenoxy) is 1. The maximum absolute atomic E-state index is 13.3. The Bertz CT molecular complexity index is 1020. The number of nitrogen functional groups attached to an aromatic ring is 1. The van der Waals surface area contributed by atoms with Crippen molar-refractivity contribution in [2.45, 2.75) is 19.3 Å². The summed E-state index contributed by atoms with van der Waals surface area (Å²) in [5.41, 5.74) is 2.67. The Balaban J connectivity index is 2.34. The van der Waals surface area contributed by atoms with Gasteiger partial charge in [0.25, 0.3) is 0 Å². The number of hydrogen-bond acceptors (Lipinski definition) is 4. The predicted octanol–water partition coefficient (Wildman–Crippen LogP) is 4.36. The first-order chi connectivity index (χ1) is 12.4. The summed E-state index contributed by atoms with van der Waals surface area (Å²) in [6, 6.07) is 5.04. The van der Waals surface area contributed by atoms with Crippen molar-refractivity contribution in [1.29, 1.82) is 0 Å². The molecule has 27 heavy (non-hydrogen) atoms. The summed E-state index contributed by atoms with van der Waals surface area (Å²) in [6.45, 7) is 1.63. The van der Waals surface area contributed by atoms with Gasteiger partial charge in [-0.1, -0.05) is 0 Å². The first-order valence-electron chi connectivity index (χ1n) is 7.42. The molecule has 1 aromatic carbocycles. The molecule has 0 atom stereocenters. The molecule has 0 fully saturated rings. The molecule has 0 spiro atoms. The third kappa shape index (κ3) is 3.24. The monoisotopic (exact) mass is 390 g/mol. The number of benzene rings is 1. The van der Waals surface area contributed by atoms with Gasteiger partial charge < -0.3 is 10.5 Å². The van der Waals surface area contributed by atoms with Crippen molar-refractivity contribution in [3.63, 3.8) is 0 Å². The van der Waals surface area contributed by atoms with E-state index in [4.69, 9.17) is 10.5 Å². The SMILES string of the molecule is COc1ccc(-n2nc3cc(C(F)(F)F)nc(C(F)(F)F)c3c2N)c(C)c1. The van der Waals surface area contributed by atoms with Crippen LogP contribution in [0, 0.1) is 6.92 Å². The van der Waals surface area contributed by atoms with Crippen LogP contribution in [0.2, 0.25) is 0 Å². The molecule has 0 amide bonds. The van der Waals surface area contributed by atoms with Crippen molar-refractivity contribution in [1.82, 2.24) is 14.8 Å². The molecule has 0 unspecified atom stereocenters. The molecule has 0 aliphatic carbocycles. The summed E-state index contributed by atoms with van der Waals surface area (Å²) in [5, 5.41) is 3.17. The first-order valence-corrected chi connectivity index (χ1v) is 7.42. The Hall–Kier alpha value is -2.98. The number of nitrogens with two attached hydrogens (primary N) is 1. The van der Waals surface area contributed by atoms with E-state index in [2.05, 4.69) is 10.1 Å². The van der Waals surface area contributed by atoms with Gasteiger partial charge in [-0.15, -0.1) is 0 Å². The number of aryl methyl sites for hydroxylation is 1. The predicted molar refractivity (Wildman–Crippen MR) is 84.6 cm³/mol. The third-order valence-electron chi connectivity index (χ3n) is 3.88. The van der Waals surface area contributed by atoms with E-state index in [1.165, 1.54) is 19.2 Å². The minimum absolute atomic E-state index is 0.297. The van der Waals surface area contributed by atoms with E-state index in [1.807, 2.05) is 0 Å². The number of hydrogen-bond donors (Lipinski definition) is 1. The van der Waals surface area contributed by atoms with Crippen LogP contribution in [0.25, 0.3) is 16.6 Å². The summed E-state index contributed by atoms with van der Waals surface area (Å²) >= 11 is 0. The molecule has 0 saturated carbocycles. The lowest BCUT2D eigenvalue weighted by Gasteiger charge is -2.12. The highest BCUT2D eigenvalue weighted by Crippen LogP contribution is 2.40. The number of methoxy groups -OCH3 is 1. The van der Waals surface area contributed by atoms with Crippen LogP contribution >= 0.6 is 0 Å². The van der Waals surface area contributed by atoms with Gasteiger partial charge in [-0.05, 0) is 36.8 Å². The zero-order chi connectivity index (χ0) is 20.1. The number of pyridine rings is 1. The molecular formula is C16H12F6N4O. The summed E-state index contributed by atoms with van der Waals surface area (Å²) < 4.78 is 84.8. The lowest BCUT2D eigenvalue weighted by molar-refractivity contribution is -0.149. The van der Waals surface area contributed by atoms with Gasteiger partial charge in [0.05, 0.1) is 23.7 Å². The molecule has 0 bridgehead atoms. The van der Waals surface area contributed by atoms with Gasteiger partial charge in [0.15, 0.2) is 5.69 Å². The maximum Gasteiger partial charge on any atom is 0.434 e. The van der Waals surface area contributed by atoms with Crippen LogP contribution in [-0.2, 0) is 12.4 Å². The van der Waals surface area contributed by atoms with Crippen LogP contribution in [-0.4, -0.2) is 21.9 Å². The van der Waals surface area contributed by atoms with E-state index < -0.39 is 40.5 Å². The molecule has 0 aliphatic heterocycles. The second-order valence-corrected chi connectivity index (χ2v) is 5.70. The molecular weight excluding hydrogens is 378 g/mol. The standard InChI is InChI=1S/C16H12F6N4O/c1-7-5-8(27-2)3-4-10(7)26-14(23)12-9(25-26)6-11(15(17,18)19)24-13(12)16(20,21)22/h3-6H,23H2,1-2H3. The molecule has 0 aliphatic rings. The van der Waals surface area contributed by atoms with Gasteiger partial charge in [0.2, 0.25) is 0 Å². The van der Waals surface area contributed by atoms with Gasteiger partial charge in [0.1, 0.15) is 17.3 Å². The minimum Gasteiger partial charge on any atom is -0.497 e. The Morgan fingerprint density at radius 1 is 1.04 bits per heavy atom. The highest BCUT2D eigenvalue weighted by atomic mass is 19.4. The topological polar surface area (TPSA) is 66.0 Å². The van der Waals surface area contributed by atoms with Crippen molar-refractivity contribution in [2.24, 2.45) is 0 Å². The summed E-state index contributed by atoms with van der Waals surface area (Å²) in [6.07, 6.45) is -10.2. The number of halogens is 6. The van der Waals surface area contributed by atoms with Crippen LogP contribution in [0.1, 0.15) is 17.0 Å². The average molecular weight is 390 g/mol. The fraction of sp³-hybridized carbons (Fsp3) is 0.250. The van der Waals surface area contributed by atoms with Crippen LogP contribution in [0.5, 0.6) is 5.75 Å². The number of fused-ring (bicyclic) bond motifs is 1. The number of rotatable bonds is 2. The zero-order valence-electron chi connectivity index (χ0n) is 13.9. The molecule has 0 saturated heterocycles. The van der Waals surface area contributed by atoms with Gasteiger partial charge in [-0.3, -0.25) is 0 Å². The lowest BCUT2D eigenvalue weighted by Crippen LogP contribution is -2.15. The summed E-state index contributed by atoms with van der Waals surface area (Å²) in [4.78, 5) is 2.76. The second-order valence-electron chi connectivity index (χ2n) is 5.70.